The molecule has 194 valence electrons. The van der Waals surface area contributed by atoms with Crippen LogP contribution in [-0.2, 0) is 4.79 Å². The maximum absolute atomic E-state index is 13.1. The van der Waals surface area contributed by atoms with E-state index in [2.05, 4.69) is 19.9 Å². The van der Waals surface area contributed by atoms with Crippen molar-refractivity contribution in [2.24, 2.45) is 46.8 Å². The van der Waals surface area contributed by atoms with Crippen molar-refractivity contribution in [3.63, 3.8) is 0 Å². The Hall–Kier alpha value is -0.264. The molecule has 0 bridgehead atoms. The summed E-state index contributed by atoms with van der Waals surface area (Å²) in [6.45, 7) is 4.47. The number of alkyl halides is 3. The standard InChI is InChI=1S/C21H31F3O.C7H7.CH4.ClH.Mg/c1-20-10-8-17-16-6-3-15(21(22,23)24)12-13(16)2-5-18(17)19(20)7-4-14(20)9-11-25;1-7-5-3-2-4-6-7;;;/h11,13-19H,2-10,12H2,1H3;3-6H,1H3;1H4;1H;/q;-1;;;+2/p-1/t13-,14?,15+,16+,17?,18-,19?,20-;;;;/m1..../s1. The van der Waals surface area contributed by atoms with Gasteiger partial charge in [-0.3, -0.25) is 0 Å². The number of benzene rings is 1. The van der Waals surface area contributed by atoms with Gasteiger partial charge in [-0.1, -0.05) is 21.3 Å². The molecule has 6 heteroatoms. The van der Waals surface area contributed by atoms with Crippen LogP contribution in [0.2, 0.25) is 0 Å². The number of carbonyl (C=O) groups is 1. The fourth-order valence-electron chi connectivity index (χ4n) is 8.23. The molecular weight excluding hydrogens is 481 g/mol. The van der Waals surface area contributed by atoms with Gasteiger partial charge in [0.25, 0.3) is 0 Å². The Morgan fingerprint density at radius 3 is 2.23 bits per heavy atom. The van der Waals surface area contributed by atoms with Gasteiger partial charge < -0.3 is 17.2 Å². The van der Waals surface area contributed by atoms with E-state index in [4.69, 9.17) is 0 Å². The van der Waals surface area contributed by atoms with Gasteiger partial charge in [0.05, 0.1) is 5.92 Å². The maximum atomic E-state index is 13.1. The van der Waals surface area contributed by atoms with Crippen LogP contribution >= 0.6 is 0 Å². The van der Waals surface area contributed by atoms with Crippen molar-refractivity contribution in [1.82, 2.24) is 0 Å². The second kappa shape index (κ2) is 13.5. The molecule has 0 amide bonds. The molecular formula is C29H42ClF3MgO. The Kier molecular flexibility index (Phi) is 12.6. The molecule has 4 aliphatic rings. The molecule has 4 aliphatic carbocycles. The summed E-state index contributed by atoms with van der Waals surface area (Å²) in [6, 6.07) is 10.8. The van der Waals surface area contributed by atoms with Gasteiger partial charge in [0.1, 0.15) is 6.29 Å². The molecule has 4 saturated carbocycles. The summed E-state index contributed by atoms with van der Waals surface area (Å²) in [5.74, 6) is 2.39. The summed E-state index contributed by atoms with van der Waals surface area (Å²) < 4.78 is 39.4. The predicted octanol–water partition coefficient (Wildman–Crippen LogP) is 5.08. The van der Waals surface area contributed by atoms with Crippen LogP contribution in [0.3, 0.4) is 0 Å². The van der Waals surface area contributed by atoms with E-state index in [1.807, 2.05) is 24.3 Å². The molecule has 0 radical (unpaired) electrons. The Morgan fingerprint density at radius 1 is 1.00 bits per heavy atom. The quantitative estimate of drug-likeness (QED) is 0.301. The number of aldehydes is 1. The number of carbonyl (C=O) groups excluding carboxylic acids is 1. The van der Waals surface area contributed by atoms with E-state index in [1.54, 1.807) is 0 Å². The smallest absolute Gasteiger partial charge is 1.00 e. The van der Waals surface area contributed by atoms with Crippen molar-refractivity contribution >= 4 is 29.3 Å². The molecule has 35 heavy (non-hydrogen) atoms. The van der Waals surface area contributed by atoms with E-state index in [-0.39, 0.29) is 42.9 Å². The van der Waals surface area contributed by atoms with Gasteiger partial charge in [0, 0.05) is 6.42 Å². The number of hydrogen-bond acceptors (Lipinski definition) is 1. The number of halogens is 4. The maximum Gasteiger partial charge on any atom is 2.00 e. The molecule has 1 nitrogen and oxygen atoms in total. The van der Waals surface area contributed by atoms with Crippen LogP contribution in [0.25, 0.3) is 0 Å². The monoisotopic (exact) mass is 522 g/mol. The van der Waals surface area contributed by atoms with Crippen molar-refractivity contribution < 1.29 is 30.4 Å². The van der Waals surface area contributed by atoms with E-state index in [0.29, 0.717) is 60.2 Å². The van der Waals surface area contributed by atoms with Gasteiger partial charge >= 0.3 is 29.2 Å². The number of aryl methyl sites for hydroxylation is 1. The van der Waals surface area contributed by atoms with E-state index in [0.717, 1.165) is 25.5 Å². The van der Waals surface area contributed by atoms with Crippen LogP contribution in [0.1, 0.15) is 84.1 Å². The summed E-state index contributed by atoms with van der Waals surface area (Å²) in [4.78, 5) is 11.1. The number of hydrogen-bond donors (Lipinski definition) is 0. The Balaban J connectivity index is 0.000000534. The first-order valence-electron chi connectivity index (χ1n) is 12.7. The average Bonchev–Trinajstić information content (AvgIpc) is 3.10. The van der Waals surface area contributed by atoms with E-state index in [1.165, 1.54) is 31.2 Å². The summed E-state index contributed by atoms with van der Waals surface area (Å²) in [6.07, 6.45) is 6.23. The first-order chi connectivity index (χ1) is 15.2. The van der Waals surface area contributed by atoms with Crippen molar-refractivity contribution in [3.8, 4) is 0 Å². The van der Waals surface area contributed by atoms with Crippen LogP contribution in [-0.4, -0.2) is 35.5 Å². The van der Waals surface area contributed by atoms with Gasteiger partial charge in [-0.25, -0.2) is 0 Å². The molecule has 0 spiro atoms. The molecule has 0 aromatic heterocycles. The summed E-state index contributed by atoms with van der Waals surface area (Å²) in [7, 11) is 0. The van der Waals surface area contributed by atoms with Gasteiger partial charge in [-0.2, -0.15) is 49.1 Å². The minimum absolute atomic E-state index is 0. The number of fused-ring (bicyclic) bond motifs is 5. The first-order valence-corrected chi connectivity index (χ1v) is 12.7. The summed E-state index contributed by atoms with van der Waals surface area (Å²) >= 11 is 0. The zero-order chi connectivity index (χ0) is 22.9. The molecule has 8 atom stereocenters. The zero-order valence-electron chi connectivity index (χ0n) is 20.6. The summed E-state index contributed by atoms with van der Waals surface area (Å²) in [5, 5.41) is 0. The van der Waals surface area contributed by atoms with Crippen molar-refractivity contribution in [3.05, 3.63) is 35.9 Å². The molecule has 0 N–H and O–H groups in total. The second-order valence-corrected chi connectivity index (χ2v) is 11.3. The van der Waals surface area contributed by atoms with Crippen molar-refractivity contribution in [2.45, 2.75) is 91.7 Å². The van der Waals surface area contributed by atoms with Gasteiger partial charge in [-0.05, 0) is 98.7 Å². The fraction of sp³-hybridized carbons (Fsp3) is 0.759. The van der Waals surface area contributed by atoms with Gasteiger partial charge in [0.2, 0.25) is 0 Å². The topological polar surface area (TPSA) is 17.1 Å². The minimum atomic E-state index is -4.00. The average molecular weight is 523 g/mol. The predicted molar refractivity (Wildman–Crippen MR) is 133 cm³/mol. The van der Waals surface area contributed by atoms with Crippen LogP contribution < -0.4 is 12.4 Å². The normalized spacial score (nSPS) is 37.3. The van der Waals surface area contributed by atoms with E-state index in [9.17, 15) is 18.0 Å². The van der Waals surface area contributed by atoms with Crippen LogP contribution in [0.15, 0.2) is 24.3 Å². The Labute approximate surface area is 233 Å². The Morgan fingerprint density at radius 2 is 1.66 bits per heavy atom. The molecule has 3 unspecified atom stereocenters. The van der Waals surface area contributed by atoms with Crippen LogP contribution in [0.5, 0.6) is 0 Å². The van der Waals surface area contributed by atoms with Crippen LogP contribution in [0, 0.1) is 59.8 Å². The second-order valence-electron chi connectivity index (χ2n) is 11.3. The summed E-state index contributed by atoms with van der Waals surface area (Å²) in [5.41, 5.74) is 1.59. The number of rotatable bonds is 2. The third kappa shape index (κ3) is 6.99. The molecule has 1 aromatic rings. The fourth-order valence-corrected chi connectivity index (χ4v) is 8.23. The largest absolute Gasteiger partial charge is 2.00 e. The van der Waals surface area contributed by atoms with E-state index >= 15 is 0 Å². The van der Waals surface area contributed by atoms with Crippen molar-refractivity contribution in [1.29, 1.82) is 0 Å². The minimum Gasteiger partial charge on any atom is -1.00 e. The SMILES string of the molecule is C.C[C@]12CCC3[C@@H](CC[C@@H]4C[C@@H](C(F)(F)F)CC[C@H]34)C1CCC2CC=O.Cc1cc[c-]cc1.[Cl-].[Mg+2]. The Bertz CT molecular complexity index is 773. The van der Waals surface area contributed by atoms with Gasteiger partial charge in [-0.15, -0.1) is 0 Å². The molecule has 5 rings (SSSR count). The van der Waals surface area contributed by atoms with Gasteiger partial charge in [0.15, 0.2) is 0 Å². The van der Waals surface area contributed by atoms with Crippen molar-refractivity contribution in [2.75, 3.05) is 0 Å². The van der Waals surface area contributed by atoms with E-state index < -0.39 is 12.1 Å². The molecule has 1 aromatic carbocycles. The third-order valence-electron chi connectivity index (χ3n) is 9.88. The van der Waals surface area contributed by atoms with Crippen LogP contribution in [0.4, 0.5) is 13.2 Å². The molecule has 0 saturated heterocycles. The molecule has 0 aliphatic heterocycles. The third-order valence-corrected chi connectivity index (χ3v) is 9.88. The molecule has 4 fully saturated rings. The first kappa shape index (κ1) is 32.8. The zero-order valence-corrected chi connectivity index (χ0v) is 22.8. The molecule has 0 heterocycles.